The third kappa shape index (κ3) is 16.4. The van der Waals surface area contributed by atoms with Crippen molar-refractivity contribution in [3.05, 3.63) is 0 Å². The Hall–Kier alpha value is 0.230. The molecule has 0 saturated heterocycles. The molecule has 0 bridgehead atoms. The van der Waals surface area contributed by atoms with Crippen molar-refractivity contribution in [3.8, 4) is 0 Å². The Morgan fingerprint density at radius 3 is 1.05 bits per heavy atom. The van der Waals surface area contributed by atoms with Crippen LogP contribution in [0.25, 0.3) is 0 Å². The zero-order valence-electron chi connectivity index (χ0n) is 8.49. The van der Waals surface area contributed by atoms with Gasteiger partial charge in [0.15, 0.2) is 0 Å². The first kappa shape index (κ1) is 33.0. The van der Waals surface area contributed by atoms with E-state index in [1.165, 1.54) is 0 Å². The van der Waals surface area contributed by atoms with Crippen LogP contribution >= 0.6 is 0 Å². The van der Waals surface area contributed by atoms with Crippen LogP contribution in [0.15, 0.2) is 0 Å². The molecule has 0 heterocycles. The van der Waals surface area contributed by atoms with Gasteiger partial charge in [-0.15, -0.1) is 0 Å². The first-order chi connectivity index (χ1) is 7.73. The van der Waals surface area contributed by atoms with Crippen LogP contribution in [0.2, 0.25) is 0 Å². The zero-order chi connectivity index (χ0) is 13.6. The Labute approximate surface area is 168 Å². The summed E-state index contributed by atoms with van der Waals surface area (Å²) >= 11 is 0. The summed E-state index contributed by atoms with van der Waals surface area (Å²) in [5, 5.41) is 36.0. The molecule has 0 aromatic heterocycles. The second-order valence-electron chi connectivity index (χ2n) is 3.14. The summed E-state index contributed by atoms with van der Waals surface area (Å²) in [6.45, 7) is 0. The standard InChI is InChI=1S/C8H11NO8.4Li.4H/c10-5(11)1-3(7(14)15)9-4(8(16)17)2-6(12)13;;;;;;;;/h3-4,9H,1-2H2,(H,10,11)(H,12,13)(H,14,15)(H,16,17);;;;;;;;. The van der Waals surface area contributed by atoms with Crippen molar-refractivity contribution < 1.29 is 39.6 Å². The molecule has 0 rings (SSSR count). The maximum atomic E-state index is 10.6. The molecule has 0 aromatic carbocycles. The van der Waals surface area contributed by atoms with Gasteiger partial charge in [-0.1, -0.05) is 0 Å². The molecule has 9 nitrogen and oxygen atoms in total. The number of rotatable bonds is 8. The van der Waals surface area contributed by atoms with Gasteiger partial charge in [-0.25, -0.2) is 0 Å². The summed E-state index contributed by atoms with van der Waals surface area (Å²) in [7, 11) is 0. The van der Waals surface area contributed by atoms with Crippen molar-refractivity contribution in [2.24, 2.45) is 0 Å². The van der Waals surface area contributed by atoms with Gasteiger partial charge in [0.1, 0.15) is 12.1 Å². The van der Waals surface area contributed by atoms with Crippen molar-refractivity contribution in [2.45, 2.75) is 24.9 Å². The minimum atomic E-state index is -1.66. The molecule has 0 amide bonds. The molecule has 0 aliphatic rings. The predicted octanol–water partition coefficient (Wildman–Crippen LogP) is -4.16. The van der Waals surface area contributed by atoms with Gasteiger partial charge in [-0.3, -0.25) is 24.5 Å². The van der Waals surface area contributed by atoms with Crippen molar-refractivity contribution in [1.29, 1.82) is 0 Å². The third-order valence-electron chi connectivity index (χ3n) is 1.76. The molecule has 0 saturated carbocycles. The molecular weight excluding hydrogens is 266 g/mol. The van der Waals surface area contributed by atoms with Crippen LogP contribution in [0.1, 0.15) is 12.8 Å². The molecule has 21 heavy (non-hydrogen) atoms. The van der Waals surface area contributed by atoms with Crippen LogP contribution < -0.4 is 5.32 Å². The fourth-order valence-electron chi connectivity index (χ4n) is 1.03. The third-order valence-corrected chi connectivity index (χ3v) is 1.76. The van der Waals surface area contributed by atoms with E-state index in [0.717, 1.165) is 0 Å². The van der Waals surface area contributed by atoms with Crippen LogP contribution in [-0.2, 0) is 19.2 Å². The molecule has 5 N–H and O–H groups in total. The van der Waals surface area contributed by atoms with E-state index in [9.17, 15) is 19.2 Å². The van der Waals surface area contributed by atoms with E-state index < -0.39 is 48.8 Å². The van der Waals surface area contributed by atoms with Gasteiger partial charge in [0.05, 0.1) is 12.8 Å². The van der Waals surface area contributed by atoms with E-state index >= 15 is 0 Å². The molecule has 0 fully saturated rings. The zero-order valence-corrected chi connectivity index (χ0v) is 8.49. The van der Waals surface area contributed by atoms with Gasteiger partial charge in [0, 0.05) is 0 Å². The average Bonchev–Trinajstić information content (AvgIpc) is 2.13. The van der Waals surface area contributed by atoms with E-state index in [4.69, 9.17) is 20.4 Å². The van der Waals surface area contributed by atoms with Crippen molar-refractivity contribution in [1.82, 2.24) is 5.32 Å². The summed E-state index contributed by atoms with van der Waals surface area (Å²) < 4.78 is 0. The van der Waals surface area contributed by atoms with Gasteiger partial charge < -0.3 is 20.4 Å². The molecule has 104 valence electrons. The topological polar surface area (TPSA) is 161 Å². The summed E-state index contributed by atoms with van der Waals surface area (Å²) in [5.41, 5.74) is 0. The maximum absolute atomic E-state index is 10.6. The normalized spacial score (nSPS) is 11.0. The van der Waals surface area contributed by atoms with E-state index in [0.29, 0.717) is 0 Å². The predicted molar refractivity (Wildman–Crippen MR) is 79.1 cm³/mol. The number of carboxylic acids is 4. The molecular formula is C8H15Li4NO8. The Bertz CT molecular complexity index is 321. The monoisotopic (exact) mass is 281 g/mol. The minimum absolute atomic E-state index is 0. The second-order valence-corrected chi connectivity index (χ2v) is 3.14. The number of hydrogen-bond donors (Lipinski definition) is 5. The van der Waals surface area contributed by atoms with Gasteiger partial charge in [0.25, 0.3) is 0 Å². The van der Waals surface area contributed by atoms with Gasteiger partial charge in [-0.2, -0.15) is 0 Å². The van der Waals surface area contributed by atoms with Crippen molar-refractivity contribution in [3.63, 3.8) is 0 Å². The summed E-state index contributed by atoms with van der Waals surface area (Å²) in [6, 6.07) is -3.32. The summed E-state index contributed by atoms with van der Waals surface area (Å²) in [5.74, 6) is -6.01. The summed E-state index contributed by atoms with van der Waals surface area (Å²) in [4.78, 5) is 41.9. The molecule has 0 radical (unpaired) electrons. The quantitative estimate of drug-likeness (QED) is 0.278. The summed E-state index contributed by atoms with van der Waals surface area (Å²) in [6.07, 6.45) is -1.70. The molecule has 0 aliphatic heterocycles. The first-order valence-corrected chi connectivity index (χ1v) is 4.39. The van der Waals surface area contributed by atoms with Crippen LogP contribution in [0.4, 0.5) is 0 Å². The number of carbonyl (C=O) groups is 4. The Balaban J connectivity index is -0.000000213. The number of carboxylic acid groups (broad SMARTS) is 4. The van der Waals surface area contributed by atoms with Crippen LogP contribution in [-0.4, -0.2) is 132 Å². The van der Waals surface area contributed by atoms with E-state index in [-0.39, 0.29) is 75.4 Å². The van der Waals surface area contributed by atoms with E-state index in [1.807, 2.05) is 5.32 Å². The van der Waals surface area contributed by atoms with Crippen LogP contribution in [0.5, 0.6) is 0 Å². The first-order valence-electron chi connectivity index (χ1n) is 4.39. The number of hydrogen-bond acceptors (Lipinski definition) is 5. The fourth-order valence-corrected chi connectivity index (χ4v) is 1.03. The Kier molecular flexibility index (Phi) is 26.1. The average molecular weight is 281 g/mol. The second kappa shape index (κ2) is 16.6. The van der Waals surface area contributed by atoms with E-state index in [1.54, 1.807) is 0 Å². The van der Waals surface area contributed by atoms with Crippen molar-refractivity contribution >= 4 is 99.3 Å². The SMILES string of the molecule is O=C(O)CC(NC(CC(=O)O)C(=O)O)C(=O)O.[LiH].[LiH].[LiH].[LiH]. The molecule has 2 atom stereocenters. The van der Waals surface area contributed by atoms with Crippen molar-refractivity contribution in [2.75, 3.05) is 0 Å². The van der Waals surface area contributed by atoms with Gasteiger partial charge in [0.2, 0.25) is 0 Å². The Morgan fingerprint density at radius 2 is 0.905 bits per heavy atom. The number of aliphatic carboxylic acids is 4. The van der Waals surface area contributed by atoms with E-state index in [2.05, 4.69) is 0 Å². The van der Waals surface area contributed by atoms with Crippen LogP contribution in [0.3, 0.4) is 0 Å². The molecule has 0 spiro atoms. The molecule has 2 unspecified atom stereocenters. The fraction of sp³-hybridized carbons (Fsp3) is 0.500. The van der Waals surface area contributed by atoms with Gasteiger partial charge in [-0.05, 0) is 0 Å². The van der Waals surface area contributed by atoms with Gasteiger partial charge >= 0.3 is 99.3 Å². The van der Waals surface area contributed by atoms with Crippen LogP contribution in [0, 0.1) is 0 Å². The molecule has 13 heteroatoms. The number of nitrogens with one attached hydrogen (secondary N) is 1. The Morgan fingerprint density at radius 1 is 0.667 bits per heavy atom. The molecule has 0 aliphatic carbocycles. The molecule has 0 aromatic rings.